The van der Waals surface area contributed by atoms with Crippen LogP contribution in [-0.2, 0) is 10.0 Å². The molecule has 1 N–H and O–H groups in total. The summed E-state index contributed by atoms with van der Waals surface area (Å²) in [7, 11) is -3.45. The molecule has 3 rings (SSSR count). The van der Waals surface area contributed by atoms with Crippen LogP contribution in [0.25, 0.3) is 0 Å². The molecule has 0 aliphatic carbocycles. The van der Waals surface area contributed by atoms with Crippen LogP contribution in [0.5, 0.6) is 5.75 Å². The summed E-state index contributed by atoms with van der Waals surface area (Å²) in [6.45, 7) is 5.50. The molecular formula is C20H24N2O4S. The second-order valence-corrected chi connectivity index (χ2v) is 8.44. The van der Waals surface area contributed by atoms with Crippen molar-refractivity contribution in [3.05, 3.63) is 53.6 Å². The fourth-order valence-electron chi connectivity index (χ4n) is 3.10. The molecule has 1 heterocycles. The lowest BCUT2D eigenvalue weighted by molar-refractivity contribution is 0.102. The van der Waals surface area contributed by atoms with E-state index in [-0.39, 0.29) is 10.8 Å². The Morgan fingerprint density at radius 1 is 1.11 bits per heavy atom. The predicted molar refractivity (Wildman–Crippen MR) is 105 cm³/mol. The van der Waals surface area contributed by atoms with E-state index in [0.29, 0.717) is 30.9 Å². The van der Waals surface area contributed by atoms with Crippen LogP contribution in [0.15, 0.2) is 47.4 Å². The maximum Gasteiger partial charge on any atom is 0.255 e. The van der Waals surface area contributed by atoms with Gasteiger partial charge in [-0.25, -0.2) is 8.42 Å². The zero-order chi connectivity index (χ0) is 19.4. The molecule has 0 unspecified atom stereocenters. The van der Waals surface area contributed by atoms with Crippen molar-refractivity contribution >= 4 is 21.6 Å². The molecule has 1 amide bonds. The van der Waals surface area contributed by atoms with Crippen molar-refractivity contribution in [1.82, 2.24) is 4.31 Å². The molecule has 2 aromatic rings. The predicted octanol–water partition coefficient (Wildman–Crippen LogP) is 3.43. The van der Waals surface area contributed by atoms with E-state index >= 15 is 0 Å². The fraction of sp³-hybridized carbons (Fsp3) is 0.350. The highest BCUT2D eigenvalue weighted by Gasteiger charge is 2.26. The SMILES string of the molecule is CCOc1ccc(C(=O)Nc2ccc(S(=O)(=O)N3CCCC3)cc2)cc1C. The van der Waals surface area contributed by atoms with Crippen LogP contribution in [0.3, 0.4) is 0 Å². The summed E-state index contributed by atoms with van der Waals surface area (Å²) >= 11 is 0. The number of carbonyl (C=O) groups is 1. The Bertz CT molecular complexity index is 917. The van der Waals surface area contributed by atoms with Gasteiger partial charge >= 0.3 is 0 Å². The van der Waals surface area contributed by atoms with E-state index in [1.54, 1.807) is 30.3 Å². The third kappa shape index (κ3) is 4.31. The van der Waals surface area contributed by atoms with E-state index in [0.717, 1.165) is 24.2 Å². The summed E-state index contributed by atoms with van der Waals surface area (Å²) in [4.78, 5) is 12.7. The first-order chi connectivity index (χ1) is 12.9. The van der Waals surface area contributed by atoms with Gasteiger partial charge in [-0.1, -0.05) is 0 Å². The van der Waals surface area contributed by atoms with Gasteiger partial charge in [0.05, 0.1) is 11.5 Å². The van der Waals surface area contributed by atoms with E-state index in [1.165, 1.54) is 16.4 Å². The van der Waals surface area contributed by atoms with Crippen molar-refractivity contribution in [1.29, 1.82) is 0 Å². The molecule has 1 aliphatic heterocycles. The summed E-state index contributed by atoms with van der Waals surface area (Å²) < 4.78 is 32.1. The summed E-state index contributed by atoms with van der Waals surface area (Å²) in [5, 5.41) is 2.80. The molecule has 0 radical (unpaired) electrons. The maximum atomic E-state index is 12.5. The number of benzene rings is 2. The van der Waals surface area contributed by atoms with Crippen LogP contribution in [0, 0.1) is 6.92 Å². The standard InChI is InChI=1S/C20H24N2O4S/c1-3-26-19-11-6-16(14-15(19)2)20(23)21-17-7-9-18(10-8-17)27(24,25)22-12-4-5-13-22/h6-11,14H,3-5,12-13H2,1-2H3,(H,21,23). The molecule has 1 aliphatic rings. The molecule has 0 aromatic heterocycles. The van der Waals surface area contributed by atoms with E-state index in [2.05, 4.69) is 5.32 Å². The van der Waals surface area contributed by atoms with Gasteiger partial charge < -0.3 is 10.1 Å². The van der Waals surface area contributed by atoms with Crippen molar-refractivity contribution < 1.29 is 17.9 Å². The number of ether oxygens (including phenoxy) is 1. The number of aryl methyl sites for hydroxylation is 1. The van der Waals surface area contributed by atoms with Crippen LogP contribution >= 0.6 is 0 Å². The lowest BCUT2D eigenvalue weighted by Crippen LogP contribution is -2.27. The molecule has 7 heteroatoms. The first kappa shape index (κ1) is 19.4. The third-order valence-electron chi connectivity index (χ3n) is 4.55. The van der Waals surface area contributed by atoms with Crippen LogP contribution < -0.4 is 10.1 Å². The Hall–Kier alpha value is -2.38. The van der Waals surface area contributed by atoms with Crippen LogP contribution in [0.2, 0.25) is 0 Å². The average Bonchev–Trinajstić information content (AvgIpc) is 3.19. The van der Waals surface area contributed by atoms with E-state index in [1.807, 2.05) is 13.8 Å². The molecule has 0 bridgehead atoms. The highest BCUT2D eigenvalue weighted by molar-refractivity contribution is 7.89. The molecule has 1 fully saturated rings. The van der Waals surface area contributed by atoms with Crippen LogP contribution in [0.4, 0.5) is 5.69 Å². The van der Waals surface area contributed by atoms with E-state index in [4.69, 9.17) is 4.74 Å². The number of nitrogens with one attached hydrogen (secondary N) is 1. The van der Waals surface area contributed by atoms with Crippen LogP contribution in [-0.4, -0.2) is 38.3 Å². The van der Waals surface area contributed by atoms with Crippen molar-refractivity contribution in [3.63, 3.8) is 0 Å². The van der Waals surface area contributed by atoms with Gasteiger partial charge in [0, 0.05) is 24.3 Å². The summed E-state index contributed by atoms with van der Waals surface area (Å²) in [5.41, 5.74) is 1.95. The zero-order valence-corrected chi connectivity index (χ0v) is 16.4. The second-order valence-electron chi connectivity index (χ2n) is 6.50. The Morgan fingerprint density at radius 3 is 2.37 bits per heavy atom. The minimum atomic E-state index is -3.45. The highest BCUT2D eigenvalue weighted by atomic mass is 32.2. The molecule has 6 nitrogen and oxygen atoms in total. The Morgan fingerprint density at radius 2 is 1.78 bits per heavy atom. The van der Waals surface area contributed by atoms with Crippen molar-refractivity contribution in [2.45, 2.75) is 31.6 Å². The van der Waals surface area contributed by atoms with Gasteiger partial charge in [0.15, 0.2) is 0 Å². The molecule has 0 atom stereocenters. The van der Waals surface area contributed by atoms with Gasteiger partial charge in [0.2, 0.25) is 10.0 Å². The first-order valence-corrected chi connectivity index (χ1v) is 10.5. The minimum Gasteiger partial charge on any atom is -0.494 e. The van der Waals surface area contributed by atoms with Crippen molar-refractivity contribution in [2.75, 3.05) is 25.0 Å². The number of rotatable bonds is 6. The number of nitrogens with zero attached hydrogens (tertiary/aromatic N) is 1. The molecule has 2 aromatic carbocycles. The Labute approximate surface area is 160 Å². The molecule has 27 heavy (non-hydrogen) atoms. The number of sulfonamides is 1. The number of anilines is 1. The molecule has 0 spiro atoms. The minimum absolute atomic E-state index is 0.249. The van der Waals surface area contributed by atoms with Gasteiger partial charge in [-0.2, -0.15) is 4.31 Å². The normalized spacial score (nSPS) is 14.9. The number of amides is 1. The summed E-state index contributed by atoms with van der Waals surface area (Å²) in [6.07, 6.45) is 1.80. The Balaban J connectivity index is 1.71. The van der Waals surface area contributed by atoms with Gasteiger partial charge in [-0.15, -0.1) is 0 Å². The van der Waals surface area contributed by atoms with Gasteiger partial charge in [0.1, 0.15) is 5.75 Å². The fourth-order valence-corrected chi connectivity index (χ4v) is 4.62. The van der Waals surface area contributed by atoms with Crippen LogP contribution in [0.1, 0.15) is 35.7 Å². The molecule has 0 saturated carbocycles. The number of carbonyl (C=O) groups excluding carboxylic acids is 1. The van der Waals surface area contributed by atoms with Gasteiger partial charge in [-0.05, 0) is 74.7 Å². The van der Waals surface area contributed by atoms with Gasteiger partial charge in [0.25, 0.3) is 5.91 Å². The first-order valence-electron chi connectivity index (χ1n) is 9.07. The summed E-state index contributed by atoms with van der Waals surface area (Å²) in [5.74, 6) is 0.502. The zero-order valence-electron chi connectivity index (χ0n) is 15.6. The Kier molecular flexibility index (Phi) is 5.82. The smallest absolute Gasteiger partial charge is 0.255 e. The third-order valence-corrected chi connectivity index (χ3v) is 6.46. The van der Waals surface area contributed by atoms with E-state index in [9.17, 15) is 13.2 Å². The largest absolute Gasteiger partial charge is 0.494 e. The quantitative estimate of drug-likeness (QED) is 0.823. The maximum absolute atomic E-state index is 12.5. The number of hydrogen-bond donors (Lipinski definition) is 1. The van der Waals surface area contributed by atoms with E-state index < -0.39 is 10.0 Å². The highest BCUT2D eigenvalue weighted by Crippen LogP contribution is 2.23. The monoisotopic (exact) mass is 388 g/mol. The molecule has 1 saturated heterocycles. The second kappa shape index (κ2) is 8.10. The lowest BCUT2D eigenvalue weighted by Gasteiger charge is -2.15. The molecule has 144 valence electrons. The molecular weight excluding hydrogens is 364 g/mol. The van der Waals surface area contributed by atoms with Crippen molar-refractivity contribution in [3.8, 4) is 5.75 Å². The lowest BCUT2D eigenvalue weighted by atomic mass is 10.1. The topological polar surface area (TPSA) is 75.7 Å². The number of hydrogen-bond acceptors (Lipinski definition) is 4. The average molecular weight is 388 g/mol. The van der Waals surface area contributed by atoms with Gasteiger partial charge in [-0.3, -0.25) is 4.79 Å². The van der Waals surface area contributed by atoms with Crippen molar-refractivity contribution in [2.24, 2.45) is 0 Å². The summed E-state index contributed by atoms with van der Waals surface area (Å²) in [6, 6.07) is 11.6.